The van der Waals surface area contributed by atoms with E-state index in [1.54, 1.807) is 0 Å². The maximum absolute atomic E-state index is 7.88. The molecule has 0 radical (unpaired) electrons. The molecule has 0 bridgehead atoms. The van der Waals surface area contributed by atoms with Crippen LogP contribution in [0.2, 0.25) is 0 Å². The van der Waals surface area contributed by atoms with E-state index in [1.807, 2.05) is 6.92 Å². The fraction of sp³-hybridized carbons (Fsp3) is 1.00. The van der Waals surface area contributed by atoms with Crippen molar-refractivity contribution in [3.05, 3.63) is 0 Å². The fourth-order valence-corrected chi connectivity index (χ4v) is 0. The predicted molar refractivity (Wildman–Crippen MR) is 31.7 cm³/mol. The molecule has 0 aromatic carbocycles. The molecule has 0 aliphatic heterocycles. The van der Waals surface area contributed by atoms with E-state index >= 15 is 0 Å². The van der Waals surface area contributed by atoms with Crippen molar-refractivity contribution < 1.29 is 5.11 Å². The fourth-order valence-electron chi connectivity index (χ4n) is 0. The molecule has 0 rings (SSSR count). The van der Waals surface area contributed by atoms with E-state index in [4.69, 9.17) is 5.11 Å². The van der Waals surface area contributed by atoms with Crippen LogP contribution in [0.1, 0.15) is 13.3 Å². The van der Waals surface area contributed by atoms with Gasteiger partial charge in [-0.3, -0.25) is 0 Å². The molecule has 30 valence electrons. The molecule has 0 atom stereocenters. The number of rotatable bonds is 1. The summed E-state index contributed by atoms with van der Waals surface area (Å²) < 4.78 is 0. The molecular weight excluding hydrogens is 98.0 g/mol. The van der Waals surface area contributed by atoms with Gasteiger partial charge in [0.05, 0.1) is 0 Å². The van der Waals surface area contributed by atoms with Gasteiger partial charge in [-0.15, -0.1) is 0 Å². The topological polar surface area (TPSA) is 20.2 Å². The zero-order valence-corrected chi connectivity index (χ0v) is 2.86. The summed E-state index contributed by atoms with van der Waals surface area (Å²) in [6.07, 6.45) is 0.875. The Kier molecular flexibility index (Phi) is 41.2. The van der Waals surface area contributed by atoms with Crippen molar-refractivity contribution in [2.75, 3.05) is 6.61 Å². The third-order valence-electron chi connectivity index (χ3n) is 0.224. The molecule has 0 fully saturated rings. The molecule has 0 saturated heterocycles. The summed E-state index contributed by atoms with van der Waals surface area (Å²) in [6.45, 7) is 2.25. The van der Waals surface area contributed by atoms with E-state index < -0.39 is 0 Å². The van der Waals surface area contributed by atoms with Gasteiger partial charge >= 0.3 is 59.1 Å². The Labute approximate surface area is 83.1 Å². The van der Waals surface area contributed by atoms with Crippen molar-refractivity contribution >= 4 is 59.1 Å². The molecule has 1 N–H and O–H groups in total. The van der Waals surface area contributed by atoms with Gasteiger partial charge in [-0.05, 0) is 6.42 Å². The van der Waals surface area contributed by atoms with Crippen LogP contribution in [-0.4, -0.2) is 70.8 Å². The summed E-state index contributed by atoms with van der Waals surface area (Å²) in [5.41, 5.74) is 0. The first-order chi connectivity index (χ1) is 1.91. The SMILES string of the molecule is CCCO.[NaH].[NaH]. The third kappa shape index (κ3) is 16.7. The molecule has 0 aliphatic carbocycles. The van der Waals surface area contributed by atoms with Crippen molar-refractivity contribution in [2.24, 2.45) is 0 Å². The Morgan fingerprint density at radius 3 is 1.50 bits per heavy atom. The molecule has 0 amide bonds. The van der Waals surface area contributed by atoms with Crippen LogP contribution in [0.15, 0.2) is 0 Å². The molecule has 0 aromatic rings. The van der Waals surface area contributed by atoms with Gasteiger partial charge in [-0.25, -0.2) is 0 Å². The monoisotopic (exact) mass is 108 g/mol. The minimum atomic E-state index is 0. The Hall–Kier alpha value is 1.96. The van der Waals surface area contributed by atoms with E-state index in [9.17, 15) is 0 Å². The second-order valence-electron chi connectivity index (χ2n) is 0.724. The van der Waals surface area contributed by atoms with Gasteiger partial charge in [-0.1, -0.05) is 6.92 Å². The van der Waals surface area contributed by atoms with Crippen molar-refractivity contribution in [2.45, 2.75) is 13.3 Å². The Morgan fingerprint density at radius 1 is 1.33 bits per heavy atom. The predicted octanol–water partition coefficient (Wildman–Crippen LogP) is -0.908. The van der Waals surface area contributed by atoms with Crippen molar-refractivity contribution in [3.8, 4) is 0 Å². The first-order valence-corrected chi connectivity index (χ1v) is 1.52. The molecule has 0 saturated carbocycles. The Balaban J connectivity index is -0.0000000450. The van der Waals surface area contributed by atoms with Gasteiger partial charge in [-0.2, -0.15) is 0 Å². The van der Waals surface area contributed by atoms with Crippen molar-refractivity contribution in [1.29, 1.82) is 0 Å². The first kappa shape index (κ1) is 15.7. The number of hydrogen-bond donors (Lipinski definition) is 1. The van der Waals surface area contributed by atoms with Crippen molar-refractivity contribution in [3.63, 3.8) is 0 Å². The van der Waals surface area contributed by atoms with Crippen LogP contribution < -0.4 is 0 Å². The van der Waals surface area contributed by atoms with Crippen LogP contribution in [0.25, 0.3) is 0 Å². The third-order valence-corrected chi connectivity index (χ3v) is 0.224. The molecular formula is C3H10Na2O. The second kappa shape index (κ2) is 15.8. The quantitative estimate of drug-likeness (QED) is 0.431. The normalized spacial score (nSPS) is 5.00. The molecule has 0 heterocycles. The van der Waals surface area contributed by atoms with Gasteiger partial charge < -0.3 is 5.11 Å². The summed E-state index contributed by atoms with van der Waals surface area (Å²) in [6, 6.07) is 0. The van der Waals surface area contributed by atoms with Crippen LogP contribution in [0.4, 0.5) is 0 Å². The summed E-state index contributed by atoms with van der Waals surface area (Å²) in [7, 11) is 0. The number of hydrogen-bond acceptors (Lipinski definition) is 1. The van der Waals surface area contributed by atoms with Gasteiger partial charge in [0.25, 0.3) is 0 Å². The maximum atomic E-state index is 7.88. The van der Waals surface area contributed by atoms with Gasteiger partial charge in [0, 0.05) is 6.61 Å². The summed E-state index contributed by atoms with van der Waals surface area (Å²) in [4.78, 5) is 0. The van der Waals surface area contributed by atoms with E-state index in [-0.39, 0.29) is 59.1 Å². The Bertz CT molecular complexity index is 10.8. The van der Waals surface area contributed by atoms with E-state index in [2.05, 4.69) is 0 Å². The summed E-state index contributed by atoms with van der Waals surface area (Å²) in [5, 5.41) is 7.88. The van der Waals surface area contributed by atoms with Crippen LogP contribution >= 0.6 is 0 Å². The van der Waals surface area contributed by atoms with Crippen LogP contribution in [0.5, 0.6) is 0 Å². The summed E-state index contributed by atoms with van der Waals surface area (Å²) >= 11 is 0. The molecule has 3 heteroatoms. The van der Waals surface area contributed by atoms with E-state index in [0.29, 0.717) is 6.61 Å². The standard InChI is InChI=1S/C3H8O.2Na.2H/c1-2-3-4;;;;/h4H,2-3H2,1H3;;;;. The van der Waals surface area contributed by atoms with Gasteiger partial charge in [0.1, 0.15) is 0 Å². The molecule has 0 spiro atoms. The average Bonchev–Trinajstić information content (AvgIpc) is 1.37. The number of aliphatic hydroxyl groups is 1. The molecule has 0 aliphatic rings. The van der Waals surface area contributed by atoms with Crippen LogP contribution in [-0.2, 0) is 0 Å². The number of aliphatic hydroxyl groups excluding tert-OH is 1. The molecule has 1 nitrogen and oxygen atoms in total. The molecule has 6 heavy (non-hydrogen) atoms. The average molecular weight is 108 g/mol. The van der Waals surface area contributed by atoms with Crippen LogP contribution in [0.3, 0.4) is 0 Å². The zero-order valence-electron chi connectivity index (χ0n) is 2.86. The van der Waals surface area contributed by atoms with Gasteiger partial charge in [0.2, 0.25) is 0 Å². The summed E-state index contributed by atoms with van der Waals surface area (Å²) in [5.74, 6) is 0. The van der Waals surface area contributed by atoms with Gasteiger partial charge in [0.15, 0.2) is 0 Å². The zero-order chi connectivity index (χ0) is 3.41. The molecule has 0 unspecified atom stereocenters. The van der Waals surface area contributed by atoms with E-state index in [1.165, 1.54) is 0 Å². The first-order valence-electron chi connectivity index (χ1n) is 1.52. The molecule has 0 aromatic heterocycles. The van der Waals surface area contributed by atoms with Crippen LogP contribution in [0, 0.1) is 0 Å². The van der Waals surface area contributed by atoms with Crippen molar-refractivity contribution in [1.82, 2.24) is 0 Å². The minimum absolute atomic E-state index is 0. The Morgan fingerprint density at radius 2 is 1.50 bits per heavy atom. The van der Waals surface area contributed by atoms with E-state index in [0.717, 1.165) is 6.42 Å². The second-order valence-corrected chi connectivity index (χ2v) is 0.724.